The molecule has 17 heavy (non-hydrogen) atoms. The fraction of sp³-hybridized carbons (Fsp3) is 0.846. The molecule has 3 atom stereocenters. The Labute approximate surface area is 102 Å². The zero-order valence-corrected chi connectivity index (χ0v) is 10.2. The van der Waals surface area contributed by atoms with Crippen molar-refractivity contribution in [3.8, 4) is 0 Å². The molecule has 3 unspecified atom stereocenters. The van der Waals surface area contributed by atoms with Crippen molar-refractivity contribution in [2.75, 3.05) is 6.54 Å². The van der Waals surface area contributed by atoms with Gasteiger partial charge in [0.25, 0.3) is 0 Å². The largest absolute Gasteiger partial charge is 0.481 e. The number of carboxylic acid groups (broad SMARTS) is 1. The average molecular weight is 239 g/mol. The Bertz CT molecular complexity index is 303. The number of carboxylic acids is 1. The number of carbonyl (C=O) groups is 2. The van der Waals surface area contributed by atoms with E-state index in [9.17, 15) is 9.59 Å². The number of rotatable bonds is 6. The quantitative estimate of drug-likeness (QED) is 0.742. The monoisotopic (exact) mass is 239 g/mol. The molecule has 4 nitrogen and oxygen atoms in total. The number of hydrogen-bond donors (Lipinski definition) is 2. The lowest BCUT2D eigenvalue weighted by Gasteiger charge is -2.21. The lowest BCUT2D eigenvalue weighted by molar-refractivity contribution is -0.137. The van der Waals surface area contributed by atoms with Crippen LogP contribution in [0.15, 0.2) is 0 Å². The van der Waals surface area contributed by atoms with Crippen LogP contribution in [0.5, 0.6) is 0 Å². The zero-order chi connectivity index (χ0) is 12.3. The first-order valence-electron chi connectivity index (χ1n) is 6.63. The van der Waals surface area contributed by atoms with Crippen LogP contribution >= 0.6 is 0 Å². The molecule has 4 heteroatoms. The normalized spacial score (nSPS) is 30.5. The molecule has 0 aliphatic heterocycles. The highest BCUT2D eigenvalue weighted by atomic mass is 16.4. The first-order chi connectivity index (χ1) is 8.15. The summed E-state index contributed by atoms with van der Waals surface area (Å²) >= 11 is 0. The summed E-state index contributed by atoms with van der Waals surface area (Å²) in [5.41, 5.74) is 0. The van der Waals surface area contributed by atoms with E-state index in [4.69, 9.17) is 5.11 Å². The summed E-state index contributed by atoms with van der Waals surface area (Å²) in [7, 11) is 0. The number of amides is 1. The highest BCUT2D eigenvalue weighted by molar-refractivity contribution is 5.76. The highest BCUT2D eigenvalue weighted by Crippen LogP contribution is 2.47. The molecule has 0 spiro atoms. The van der Waals surface area contributed by atoms with Crippen molar-refractivity contribution in [1.82, 2.24) is 5.32 Å². The Hall–Kier alpha value is -1.06. The van der Waals surface area contributed by atoms with Crippen LogP contribution < -0.4 is 5.32 Å². The molecule has 96 valence electrons. The summed E-state index contributed by atoms with van der Waals surface area (Å²) in [5, 5.41) is 11.4. The van der Waals surface area contributed by atoms with E-state index in [2.05, 4.69) is 5.32 Å². The van der Waals surface area contributed by atoms with Gasteiger partial charge in [0, 0.05) is 19.4 Å². The Morgan fingerprint density at radius 3 is 2.59 bits per heavy atom. The maximum atomic E-state index is 11.5. The smallest absolute Gasteiger partial charge is 0.303 e. The van der Waals surface area contributed by atoms with Crippen molar-refractivity contribution in [2.24, 2.45) is 17.8 Å². The van der Waals surface area contributed by atoms with E-state index < -0.39 is 5.97 Å². The lowest BCUT2D eigenvalue weighted by atomic mass is 9.89. The molecule has 0 radical (unpaired) electrons. The Kier molecular flexibility index (Phi) is 4.02. The van der Waals surface area contributed by atoms with Gasteiger partial charge in [-0.15, -0.1) is 0 Å². The molecular formula is C13H21NO3. The van der Waals surface area contributed by atoms with Crippen LogP contribution in [0.1, 0.15) is 44.9 Å². The van der Waals surface area contributed by atoms with Gasteiger partial charge in [0.2, 0.25) is 5.91 Å². The molecule has 0 saturated heterocycles. The van der Waals surface area contributed by atoms with Gasteiger partial charge in [-0.3, -0.25) is 9.59 Å². The number of fused-ring (bicyclic) bond motifs is 2. The van der Waals surface area contributed by atoms with Crippen LogP contribution in [0.3, 0.4) is 0 Å². The van der Waals surface area contributed by atoms with Crippen LogP contribution in [0, 0.1) is 17.8 Å². The maximum Gasteiger partial charge on any atom is 0.303 e. The van der Waals surface area contributed by atoms with Crippen molar-refractivity contribution in [1.29, 1.82) is 0 Å². The number of aliphatic carboxylic acids is 1. The summed E-state index contributed by atoms with van der Waals surface area (Å²) in [4.78, 5) is 21.8. The van der Waals surface area contributed by atoms with E-state index >= 15 is 0 Å². The predicted molar refractivity (Wildman–Crippen MR) is 63.4 cm³/mol. The first-order valence-corrected chi connectivity index (χ1v) is 6.63. The summed E-state index contributed by atoms with van der Waals surface area (Å²) < 4.78 is 0. The van der Waals surface area contributed by atoms with Gasteiger partial charge < -0.3 is 10.4 Å². The molecule has 2 bridgehead atoms. The van der Waals surface area contributed by atoms with E-state index in [1.807, 2.05) is 0 Å². The summed E-state index contributed by atoms with van der Waals surface area (Å²) in [5.74, 6) is 1.60. The van der Waals surface area contributed by atoms with Gasteiger partial charge in [-0.05, 0) is 43.4 Å². The minimum atomic E-state index is -0.828. The zero-order valence-electron chi connectivity index (χ0n) is 10.2. The summed E-state index contributed by atoms with van der Waals surface area (Å²) in [6, 6.07) is 0. The Balaban J connectivity index is 1.58. The maximum absolute atomic E-state index is 11.5. The van der Waals surface area contributed by atoms with Crippen LogP contribution in [-0.4, -0.2) is 23.5 Å². The fourth-order valence-electron chi connectivity index (χ4n) is 3.36. The van der Waals surface area contributed by atoms with E-state index in [1.165, 1.54) is 25.7 Å². The number of hydrogen-bond acceptors (Lipinski definition) is 2. The van der Waals surface area contributed by atoms with Crippen LogP contribution in [-0.2, 0) is 9.59 Å². The van der Waals surface area contributed by atoms with Gasteiger partial charge in [0.15, 0.2) is 0 Å². The molecule has 1 amide bonds. The van der Waals surface area contributed by atoms with Crippen LogP contribution in [0.4, 0.5) is 0 Å². The van der Waals surface area contributed by atoms with Crippen LogP contribution in [0.25, 0.3) is 0 Å². The van der Waals surface area contributed by atoms with Gasteiger partial charge in [0.1, 0.15) is 0 Å². The van der Waals surface area contributed by atoms with Gasteiger partial charge in [0.05, 0.1) is 0 Å². The Morgan fingerprint density at radius 2 is 2.00 bits per heavy atom. The molecule has 0 aromatic rings. The molecule has 2 rings (SSSR count). The van der Waals surface area contributed by atoms with E-state index in [-0.39, 0.29) is 12.3 Å². The van der Waals surface area contributed by atoms with Gasteiger partial charge >= 0.3 is 5.97 Å². The third-order valence-electron chi connectivity index (χ3n) is 4.24. The average Bonchev–Trinajstić information content (AvgIpc) is 2.87. The standard InChI is InChI=1S/C13H21NO3/c15-12(2-1-3-13(16)17)14-8-11-7-9-4-5-10(11)6-9/h9-11H,1-8H2,(H,14,15)(H,16,17). The molecular weight excluding hydrogens is 218 g/mol. The van der Waals surface area contributed by atoms with E-state index in [0.29, 0.717) is 18.8 Å². The fourth-order valence-corrected chi connectivity index (χ4v) is 3.36. The second kappa shape index (κ2) is 5.52. The molecule has 0 heterocycles. The first kappa shape index (κ1) is 12.4. The number of nitrogens with one attached hydrogen (secondary N) is 1. The molecule has 0 aromatic carbocycles. The van der Waals surface area contributed by atoms with Crippen molar-refractivity contribution >= 4 is 11.9 Å². The molecule has 2 N–H and O–H groups in total. The predicted octanol–water partition coefficient (Wildman–Crippen LogP) is 1.79. The third-order valence-corrected chi connectivity index (χ3v) is 4.24. The minimum Gasteiger partial charge on any atom is -0.481 e. The third kappa shape index (κ3) is 3.45. The second-order valence-electron chi connectivity index (χ2n) is 5.49. The van der Waals surface area contributed by atoms with Crippen molar-refractivity contribution < 1.29 is 14.7 Å². The van der Waals surface area contributed by atoms with E-state index in [1.54, 1.807) is 0 Å². The second-order valence-corrected chi connectivity index (χ2v) is 5.49. The minimum absolute atomic E-state index is 0.00836. The summed E-state index contributed by atoms with van der Waals surface area (Å²) in [6.07, 6.45) is 6.23. The van der Waals surface area contributed by atoms with Gasteiger partial charge in [-0.2, -0.15) is 0 Å². The molecule has 2 fully saturated rings. The highest BCUT2D eigenvalue weighted by Gasteiger charge is 2.39. The molecule has 2 saturated carbocycles. The molecule has 0 aromatic heterocycles. The molecule has 2 aliphatic rings. The van der Waals surface area contributed by atoms with E-state index in [0.717, 1.165) is 18.4 Å². The van der Waals surface area contributed by atoms with Gasteiger partial charge in [-0.25, -0.2) is 0 Å². The molecule has 2 aliphatic carbocycles. The van der Waals surface area contributed by atoms with Gasteiger partial charge in [-0.1, -0.05) is 6.42 Å². The topological polar surface area (TPSA) is 66.4 Å². The lowest BCUT2D eigenvalue weighted by Crippen LogP contribution is -2.31. The van der Waals surface area contributed by atoms with Crippen molar-refractivity contribution in [3.05, 3.63) is 0 Å². The number of carbonyl (C=O) groups excluding carboxylic acids is 1. The van der Waals surface area contributed by atoms with Crippen LogP contribution in [0.2, 0.25) is 0 Å². The van der Waals surface area contributed by atoms with Crippen molar-refractivity contribution in [3.63, 3.8) is 0 Å². The SMILES string of the molecule is O=C(O)CCCC(=O)NCC1CC2CCC1C2. The Morgan fingerprint density at radius 1 is 1.18 bits per heavy atom. The van der Waals surface area contributed by atoms with Crippen molar-refractivity contribution in [2.45, 2.75) is 44.9 Å². The summed E-state index contributed by atoms with van der Waals surface area (Å²) in [6.45, 7) is 0.799.